The van der Waals surface area contributed by atoms with E-state index in [4.69, 9.17) is 4.74 Å². The zero-order valence-electron chi connectivity index (χ0n) is 17.0. The summed E-state index contributed by atoms with van der Waals surface area (Å²) in [6.45, 7) is -0.457. The van der Waals surface area contributed by atoms with E-state index in [0.29, 0.717) is 5.69 Å². The largest absolute Gasteiger partial charge is 0.394 e. The highest BCUT2D eigenvalue weighted by molar-refractivity contribution is 5.92. The quantitative estimate of drug-likeness (QED) is 0.329. The first kappa shape index (κ1) is 22.1. The Morgan fingerprint density at radius 2 is 1.88 bits per heavy atom. The molecule has 0 radical (unpaired) electrons. The van der Waals surface area contributed by atoms with E-state index in [0.717, 1.165) is 16.3 Å². The lowest BCUT2D eigenvalue weighted by Gasteiger charge is -2.39. The summed E-state index contributed by atoms with van der Waals surface area (Å²) in [4.78, 5) is 12.2. The van der Waals surface area contributed by atoms with Gasteiger partial charge in [-0.15, -0.1) is 5.10 Å². The Hall–Kier alpha value is -3.15. The van der Waals surface area contributed by atoms with Crippen molar-refractivity contribution < 1.29 is 30.0 Å². The van der Waals surface area contributed by atoms with Crippen molar-refractivity contribution in [3.05, 3.63) is 66.0 Å². The van der Waals surface area contributed by atoms with E-state index < -0.39 is 37.3 Å². The van der Waals surface area contributed by atoms with Crippen LogP contribution in [0.4, 0.5) is 0 Å². The number of carbonyl (C=O) groups is 1. The molecule has 10 heteroatoms. The number of ether oxygens (including phenoxy) is 1. The standard InChI is InChI=1S/C22H24N4O6/c27-12-17-19(29)20(30)21(31)22(32-17)26-11-16(24-25-26)10-23-18(28)8-6-13-5-7-14-3-1-2-4-15(14)9-13/h1-9,11,17,19-22,27,29-31H,10,12H2,(H,23,28)/b8-6+/t17-,19-,20+,21-,22-/m1/s1. The molecule has 168 valence electrons. The Kier molecular flexibility index (Phi) is 6.58. The lowest BCUT2D eigenvalue weighted by molar-refractivity contribution is -0.254. The van der Waals surface area contributed by atoms with Crippen molar-refractivity contribution in [2.24, 2.45) is 0 Å². The van der Waals surface area contributed by atoms with E-state index in [1.807, 2.05) is 42.5 Å². The number of nitrogens with zero attached hydrogens (tertiary/aromatic N) is 3. The van der Waals surface area contributed by atoms with Gasteiger partial charge in [0, 0.05) is 6.08 Å². The molecule has 10 nitrogen and oxygen atoms in total. The number of aliphatic hydroxyl groups is 4. The Morgan fingerprint density at radius 3 is 2.66 bits per heavy atom. The van der Waals surface area contributed by atoms with Gasteiger partial charge in [-0.25, -0.2) is 4.68 Å². The first-order valence-electron chi connectivity index (χ1n) is 10.1. The van der Waals surface area contributed by atoms with Crippen molar-refractivity contribution in [2.45, 2.75) is 37.2 Å². The Balaban J connectivity index is 1.35. The van der Waals surface area contributed by atoms with Crippen LogP contribution in [0.25, 0.3) is 16.8 Å². The summed E-state index contributed by atoms with van der Waals surface area (Å²) in [5.74, 6) is -0.319. The summed E-state index contributed by atoms with van der Waals surface area (Å²) in [5.41, 5.74) is 1.29. The maximum Gasteiger partial charge on any atom is 0.244 e. The fourth-order valence-electron chi connectivity index (χ4n) is 3.54. The van der Waals surface area contributed by atoms with Crippen molar-refractivity contribution in [3.63, 3.8) is 0 Å². The van der Waals surface area contributed by atoms with Crippen LogP contribution in [0.2, 0.25) is 0 Å². The molecule has 5 atom stereocenters. The van der Waals surface area contributed by atoms with Crippen molar-refractivity contribution in [1.82, 2.24) is 20.3 Å². The molecule has 0 spiro atoms. The maximum absolute atomic E-state index is 12.2. The Labute approximate surface area is 183 Å². The van der Waals surface area contributed by atoms with E-state index in [-0.39, 0.29) is 12.5 Å². The maximum atomic E-state index is 12.2. The summed E-state index contributed by atoms with van der Waals surface area (Å²) in [6.07, 6.45) is -2.05. The van der Waals surface area contributed by atoms with Crippen LogP contribution in [0.1, 0.15) is 17.5 Å². The van der Waals surface area contributed by atoms with Gasteiger partial charge in [0.2, 0.25) is 5.91 Å². The third-order valence-electron chi connectivity index (χ3n) is 5.33. The highest BCUT2D eigenvalue weighted by atomic mass is 16.6. The van der Waals surface area contributed by atoms with Crippen molar-refractivity contribution in [3.8, 4) is 0 Å². The number of aromatic nitrogens is 3. The average Bonchev–Trinajstić information content (AvgIpc) is 3.29. The van der Waals surface area contributed by atoms with Gasteiger partial charge in [0.05, 0.1) is 19.3 Å². The van der Waals surface area contributed by atoms with E-state index in [9.17, 15) is 25.2 Å². The number of rotatable bonds is 6. The van der Waals surface area contributed by atoms with Crippen LogP contribution in [0.15, 0.2) is 54.7 Å². The highest BCUT2D eigenvalue weighted by Crippen LogP contribution is 2.27. The van der Waals surface area contributed by atoms with E-state index in [2.05, 4.69) is 15.6 Å². The average molecular weight is 440 g/mol. The van der Waals surface area contributed by atoms with Gasteiger partial charge in [0.25, 0.3) is 0 Å². The van der Waals surface area contributed by atoms with Gasteiger partial charge < -0.3 is 30.5 Å². The predicted molar refractivity (Wildman–Crippen MR) is 114 cm³/mol. The van der Waals surface area contributed by atoms with Gasteiger partial charge in [0.1, 0.15) is 30.1 Å². The molecule has 1 aliphatic heterocycles. The lowest BCUT2D eigenvalue weighted by atomic mass is 9.98. The molecule has 32 heavy (non-hydrogen) atoms. The van der Waals surface area contributed by atoms with Crippen LogP contribution < -0.4 is 5.32 Å². The minimum atomic E-state index is -1.52. The van der Waals surface area contributed by atoms with Crippen molar-refractivity contribution >= 4 is 22.8 Å². The molecule has 1 aromatic heterocycles. The molecule has 4 rings (SSSR count). The minimum Gasteiger partial charge on any atom is -0.394 e. The second-order valence-electron chi connectivity index (χ2n) is 7.57. The molecule has 3 aromatic rings. The summed E-state index contributed by atoms with van der Waals surface area (Å²) in [5, 5.41) is 51.9. The van der Waals surface area contributed by atoms with Crippen LogP contribution in [0.5, 0.6) is 0 Å². The number of carbonyl (C=O) groups excluding carboxylic acids is 1. The van der Waals surface area contributed by atoms with Gasteiger partial charge in [0.15, 0.2) is 6.23 Å². The van der Waals surface area contributed by atoms with Crippen molar-refractivity contribution in [1.29, 1.82) is 0 Å². The number of hydrogen-bond donors (Lipinski definition) is 5. The molecule has 1 saturated heterocycles. The van der Waals surface area contributed by atoms with Gasteiger partial charge in [-0.2, -0.15) is 0 Å². The number of aliphatic hydroxyl groups excluding tert-OH is 4. The van der Waals surface area contributed by atoms with E-state index in [1.54, 1.807) is 6.08 Å². The van der Waals surface area contributed by atoms with Gasteiger partial charge in [-0.05, 0) is 28.5 Å². The minimum absolute atomic E-state index is 0.0817. The molecule has 0 aliphatic carbocycles. The number of fused-ring (bicyclic) bond motifs is 1. The Morgan fingerprint density at radius 1 is 1.09 bits per heavy atom. The SMILES string of the molecule is O=C(/C=C/c1ccc2ccccc2c1)NCc1cn([C@@H]2O[C@H](CO)[C@@H](O)[C@H](O)[C@H]2O)nn1. The Bertz CT molecular complexity index is 1110. The van der Waals surface area contributed by atoms with Gasteiger partial charge in [-0.1, -0.05) is 41.6 Å². The van der Waals surface area contributed by atoms with Gasteiger partial charge >= 0.3 is 0 Å². The predicted octanol–water partition coefficient (Wildman–Crippen LogP) is -0.267. The second kappa shape index (κ2) is 9.55. The first-order chi connectivity index (χ1) is 15.5. The zero-order chi connectivity index (χ0) is 22.7. The summed E-state index contributed by atoms with van der Waals surface area (Å²) in [7, 11) is 0. The smallest absolute Gasteiger partial charge is 0.244 e. The second-order valence-corrected chi connectivity index (χ2v) is 7.57. The molecular formula is C22H24N4O6. The number of hydrogen-bond acceptors (Lipinski definition) is 8. The van der Waals surface area contributed by atoms with Gasteiger partial charge in [-0.3, -0.25) is 4.79 Å². The molecule has 2 heterocycles. The van der Waals surface area contributed by atoms with Crippen LogP contribution >= 0.6 is 0 Å². The molecular weight excluding hydrogens is 416 g/mol. The fraction of sp³-hybridized carbons (Fsp3) is 0.318. The van der Waals surface area contributed by atoms with E-state index in [1.165, 1.54) is 17.0 Å². The molecule has 1 fully saturated rings. The molecule has 0 unspecified atom stereocenters. The fourth-order valence-corrected chi connectivity index (χ4v) is 3.54. The third-order valence-corrected chi connectivity index (χ3v) is 5.33. The molecule has 0 bridgehead atoms. The van der Waals surface area contributed by atoms with Crippen LogP contribution in [0, 0.1) is 0 Å². The normalized spacial score (nSPS) is 25.9. The highest BCUT2D eigenvalue weighted by Gasteiger charge is 2.44. The molecule has 5 N–H and O–H groups in total. The zero-order valence-corrected chi connectivity index (χ0v) is 17.0. The number of benzene rings is 2. The molecule has 1 amide bonds. The summed E-state index contributed by atoms with van der Waals surface area (Å²) < 4.78 is 6.60. The molecule has 2 aromatic carbocycles. The first-order valence-corrected chi connectivity index (χ1v) is 10.1. The lowest BCUT2D eigenvalue weighted by Crippen LogP contribution is -2.56. The van der Waals surface area contributed by atoms with Crippen LogP contribution in [-0.4, -0.2) is 72.3 Å². The number of nitrogens with one attached hydrogen (secondary N) is 1. The monoisotopic (exact) mass is 440 g/mol. The summed E-state index contributed by atoms with van der Waals surface area (Å²) in [6, 6.07) is 13.9. The topological polar surface area (TPSA) is 150 Å². The van der Waals surface area contributed by atoms with E-state index >= 15 is 0 Å². The summed E-state index contributed by atoms with van der Waals surface area (Å²) >= 11 is 0. The van der Waals surface area contributed by atoms with Crippen LogP contribution in [-0.2, 0) is 16.1 Å². The van der Waals surface area contributed by atoms with Crippen LogP contribution in [0.3, 0.4) is 0 Å². The molecule has 0 saturated carbocycles. The van der Waals surface area contributed by atoms with Crippen molar-refractivity contribution in [2.75, 3.05) is 6.61 Å². The molecule has 1 aliphatic rings. The third kappa shape index (κ3) is 4.69. The number of amides is 1.